The Balaban J connectivity index is 1.46. The Morgan fingerprint density at radius 3 is 2.59 bits per heavy atom. The van der Waals surface area contributed by atoms with Crippen molar-refractivity contribution in [2.24, 2.45) is 11.8 Å². The van der Waals surface area contributed by atoms with Gasteiger partial charge in [-0.1, -0.05) is 50.3 Å². The van der Waals surface area contributed by atoms with Crippen LogP contribution in [-0.4, -0.2) is 41.3 Å². The Morgan fingerprint density at radius 2 is 1.88 bits per heavy atom. The summed E-state index contributed by atoms with van der Waals surface area (Å²) >= 11 is 0. The molecule has 2 fully saturated rings. The molecule has 0 spiro atoms. The lowest BCUT2D eigenvalue weighted by Gasteiger charge is -2.28. The van der Waals surface area contributed by atoms with Crippen molar-refractivity contribution in [3.05, 3.63) is 36.0 Å². The molecule has 0 bridgehead atoms. The SMILES string of the molecule is N#CC[C@H](C[C@@H]1CCNC1=O)NC(=O)C(CC1CCCCC1)NC(=O)c1cc2ccccc2[nH]1. The molecule has 1 aliphatic carbocycles. The number of aromatic nitrogens is 1. The highest BCUT2D eigenvalue weighted by atomic mass is 16.2. The molecular weight excluding hydrogens is 430 g/mol. The summed E-state index contributed by atoms with van der Waals surface area (Å²) in [6, 6.07) is 10.4. The molecule has 2 aliphatic rings. The van der Waals surface area contributed by atoms with Gasteiger partial charge in [0.2, 0.25) is 11.8 Å². The fourth-order valence-corrected chi connectivity index (χ4v) is 5.24. The average molecular weight is 464 g/mol. The van der Waals surface area contributed by atoms with Gasteiger partial charge in [0.15, 0.2) is 0 Å². The molecule has 2 heterocycles. The highest BCUT2D eigenvalue weighted by Crippen LogP contribution is 2.28. The van der Waals surface area contributed by atoms with Crippen LogP contribution in [0.15, 0.2) is 30.3 Å². The number of carbonyl (C=O) groups is 3. The largest absolute Gasteiger partial charge is 0.356 e. The highest BCUT2D eigenvalue weighted by molar-refractivity contribution is 6.00. The first-order chi connectivity index (χ1) is 16.5. The number of H-pyrrole nitrogens is 1. The quantitative estimate of drug-likeness (QED) is 0.455. The highest BCUT2D eigenvalue weighted by Gasteiger charge is 2.31. The smallest absolute Gasteiger partial charge is 0.268 e. The van der Waals surface area contributed by atoms with Gasteiger partial charge >= 0.3 is 0 Å². The van der Waals surface area contributed by atoms with Gasteiger partial charge < -0.3 is 20.9 Å². The lowest BCUT2D eigenvalue weighted by molar-refractivity contribution is -0.126. The van der Waals surface area contributed by atoms with Crippen LogP contribution in [0.3, 0.4) is 0 Å². The number of fused-ring (bicyclic) bond motifs is 1. The fourth-order valence-electron chi connectivity index (χ4n) is 5.24. The predicted octanol–water partition coefficient (Wildman–Crippen LogP) is 3.16. The number of carbonyl (C=O) groups excluding carboxylic acids is 3. The Bertz CT molecular complexity index is 1030. The normalized spacial score (nSPS) is 20.3. The zero-order valence-corrected chi connectivity index (χ0v) is 19.4. The molecule has 1 aromatic heterocycles. The third-order valence-electron chi connectivity index (χ3n) is 7.11. The Labute approximate surface area is 199 Å². The predicted molar refractivity (Wildman–Crippen MR) is 129 cm³/mol. The Hall–Kier alpha value is -3.34. The number of nitrogens with one attached hydrogen (secondary N) is 4. The molecule has 8 nitrogen and oxygen atoms in total. The van der Waals surface area contributed by atoms with Gasteiger partial charge in [0.05, 0.1) is 12.5 Å². The number of hydrogen-bond donors (Lipinski definition) is 4. The summed E-state index contributed by atoms with van der Waals surface area (Å²) in [5.74, 6) is -0.449. The van der Waals surface area contributed by atoms with Gasteiger partial charge in [-0.3, -0.25) is 14.4 Å². The van der Waals surface area contributed by atoms with Crippen LogP contribution >= 0.6 is 0 Å². The molecule has 1 saturated carbocycles. The third kappa shape index (κ3) is 5.96. The second kappa shape index (κ2) is 11.2. The zero-order valence-electron chi connectivity index (χ0n) is 19.4. The molecule has 3 amide bonds. The zero-order chi connectivity index (χ0) is 23.9. The molecule has 8 heteroatoms. The maximum Gasteiger partial charge on any atom is 0.268 e. The van der Waals surface area contributed by atoms with E-state index in [0.29, 0.717) is 37.4 Å². The molecule has 34 heavy (non-hydrogen) atoms. The second-order valence-electron chi connectivity index (χ2n) is 9.62. The molecule has 2 aromatic rings. The lowest BCUT2D eigenvalue weighted by atomic mass is 9.84. The summed E-state index contributed by atoms with van der Waals surface area (Å²) in [5.41, 5.74) is 1.28. The molecule has 0 radical (unpaired) electrons. The number of nitriles is 1. The van der Waals surface area contributed by atoms with E-state index in [0.717, 1.165) is 36.6 Å². The number of amides is 3. The molecule has 1 saturated heterocycles. The van der Waals surface area contributed by atoms with Crippen LogP contribution in [0, 0.1) is 23.2 Å². The summed E-state index contributed by atoms with van der Waals surface area (Å²) in [5, 5.41) is 18.9. The number of hydrogen-bond acceptors (Lipinski definition) is 4. The van der Waals surface area contributed by atoms with Crippen molar-refractivity contribution in [3.8, 4) is 6.07 Å². The minimum Gasteiger partial charge on any atom is -0.356 e. The molecule has 4 rings (SSSR count). The maximum atomic E-state index is 13.4. The van der Waals surface area contributed by atoms with E-state index < -0.39 is 12.1 Å². The fraction of sp³-hybridized carbons (Fsp3) is 0.538. The summed E-state index contributed by atoms with van der Waals surface area (Å²) in [6.45, 7) is 0.627. The van der Waals surface area contributed by atoms with Crippen molar-refractivity contribution in [3.63, 3.8) is 0 Å². The first-order valence-corrected chi connectivity index (χ1v) is 12.4. The van der Waals surface area contributed by atoms with E-state index in [-0.39, 0.29) is 30.1 Å². The van der Waals surface area contributed by atoms with E-state index in [1.165, 1.54) is 6.42 Å². The number of nitrogens with zero attached hydrogens (tertiary/aromatic N) is 1. The van der Waals surface area contributed by atoms with Gasteiger partial charge in [-0.2, -0.15) is 5.26 Å². The van der Waals surface area contributed by atoms with E-state index in [9.17, 15) is 19.6 Å². The molecular formula is C26H33N5O3. The van der Waals surface area contributed by atoms with Crippen LogP contribution in [-0.2, 0) is 9.59 Å². The van der Waals surface area contributed by atoms with Crippen LogP contribution < -0.4 is 16.0 Å². The minimum atomic E-state index is -0.694. The monoisotopic (exact) mass is 463 g/mol. The minimum absolute atomic E-state index is 0.0249. The molecule has 3 atom stereocenters. The lowest BCUT2D eigenvalue weighted by Crippen LogP contribution is -2.51. The molecule has 1 aliphatic heterocycles. The molecule has 4 N–H and O–H groups in total. The van der Waals surface area contributed by atoms with Crippen molar-refractivity contribution >= 4 is 28.6 Å². The van der Waals surface area contributed by atoms with Crippen LogP contribution in [0.25, 0.3) is 10.9 Å². The standard InChI is InChI=1S/C26H33N5O3/c27-12-10-20(15-19-11-13-28-24(19)32)29-25(33)22(14-17-6-2-1-3-7-17)31-26(34)23-16-18-8-4-5-9-21(18)30-23/h4-5,8-9,16-17,19-20,22,30H,1-3,6-7,10-11,13-15H2,(H,28,32)(H,29,33)(H,31,34)/t19-,20+,22?/m0/s1. The number of rotatable bonds is 9. The topological polar surface area (TPSA) is 127 Å². The van der Waals surface area contributed by atoms with E-state index in [2.05, 4.69) is 27.0 Å². The first kappa shape index (κ1) is 23.8. The first-order valence-electron chi connectivity index (χ1n) is 12.4. The maximum absolute atomic E-state index is 13.4. The second-order valence-corrected chi connectivity index (χ2v) is 9.62. The molecule has 1 aromatic carbocycles. The number of aromatic amines is 1. The van der Waals surface area contributed by atoms with Crippen LogP contribution in [0.5, 0.6) is 0 Å². The van der Waals surface area contributed by atoms with Crippen LogP contribution in [0.1, 0.15) is 68.3 Å². The van der Waals surface area contributed by atoms with Gasteiger partial charge in [-0.15, -0.1) is 0 Å². The van der Waals surface area contributed by atoms with E-state index in [1.54, 1.807) is 6.07 Å². The Kier molecular flexibility index (Phi) is 7.84. The van der Waals surface area contributed by atoms with Gasteiger partial charge in [0.25, 0.3) is 5.91 Å². The van der Waals surface area contributed by atoms with Crippen molar-refractivity contribution in [1.82, 2.24) is 20.9 Å². The van der Waals surface area contributed by atoms with Crippen molar-refractivity contribution < 1.29 is 14.4 Å². The molecule has 180 valence electrons. The third-order valence-corrected chi connectivity index (χ3v) is 7.11. The van der Waals surface area contributed by atoms with Gasteiger partial charge in [-0.05, 0) is 37.3 Å². The van der Waals surface area contributed by atoms with Crippen molar-refractivity contribution in [2.45, 2.75) is 69.9 Å². The number of para-hydroxylation sites is 1. The van der Waals surface area contributed by atoms with E-state index in [4.69, 9.17) is 0 Å². The summed E-state index contributed by atoms with van der Waals surface area (Å²) < 4.78 is 0. The van der Waals surface area contributed by atoms with E-state index >= 15 is 0 Å². The summed E-state index contributed by atoms with van der Waals surface area (Å²) in [7, 11) is 0. The van der Waals surface area contributed by atoms with Gasteiger partial charge in [-0.25, -0.2) is 0 Å². The van der Waals surface area contributed by atoms with Gasteiger partial charge in [0, 0.05) is 29.4 Å². The van der Waals surface area contributed by atoms with Crippen LogP contribution in [0.2, 0.25) is 0 Å². The molecule has 1 unspecified atom stereocenters. The van der Waals surface area contributed by atoms with E-state index in [1.807, 2.05) is 24.3 Å². The van der Waals surface area contributed by atoms with Gasteiger partial charge in [0.1, 0.15) is 11.7 Å². The average Bonchev–Trinajstić information content (AvgIpc) is 3.45. The Morgan fingerprint density at radius 1 is 1.09 bits per heavy atom. The summed E-state index contributed by atoms with van der Waals surface area (Å²) in [4.78, 5) is 41.6. The number of benzene rings is 1. The van der Waals surface area contributed by atoms with Crippen molar-refractivity contribution in [1.29, 1.82) is 5.26 Å². The van der Waals surface area contributed by atoms with Crippen LogP contribution in [0.4, 0.5) is 0 Å². The van der Waals surface area contributed by atoms with Crippen molar-refractivity contribution in [2.75, 3.05) is 6.54 Å². The summed E-state index contributed by atoms with van der Waals surface area (Å²) in [6.07, 6.45) is 7.43.